The summed E-state index contributed by atoms with van der Waals surface area (Å²) in [6.45, 7) is 12.4. The van der Waals surface area contributed by atoms with Crippen molar-refractivity contribution in [1.82, 2.24) is 14.8 Å². The number of carbonyl (C=O) groups excluding carboxylic acids is 2. The fourth-order valence-electron chi connectivity index (χ4n) is 4.78. The maximum atomic E-state index is 12.8. The Kier molecular flexibility index (Phi) is 8.51. The molecular weight excluding hydrogens is 402 g/mol. The summed E-state index contributed by atoms with van der Waals surface area (Å²) in [5, 5.41) is 3.07. The molecule has 32 heavy (non-hydrogen) atoms. The lowest BCUT2D eigenvalue weighted by atomic mass is 10.0. The molecular formula is C26H37N3O3. The average molecular weight is 440 g/mol. The van der Waals surface area contributed by atoms with Crippen molar-refractivity contribution >= 4 is 11.9 Å². The second kappa shape index (κ2) is 11.3. The molecule has 1 aromatic heterocycles. The highest BCUT2D eigenvalue weighted by Gasteiger charge is 2.25. The van der Waals surface area contributed by atoms with Crippen LogP contribution in [0, 0.1) is 19.8 Å². The Morgan fingerprint density at radius 3 is 2.62 bits per heavy atom. The molecule has 1 atom stereocenters. The molecule has 1 fully saturated rings. The molecule has 2 heterocycles. The summed E-state index contributed by atoms with van der Waals surface area (Å²) in [6, 6.07) is 9.90. The highest BCUT2D eigenvalue weighted by Crippen LogP contribution is 2.31. The Bertz CT molecular complexity index is 920. The monoisotopic (exact) mass is 439 g/mol. The molecule has 1 aliphatic heterocycles. The van der Waals surface area contributed by atoms with E-state index in [-0.39, 0.29) is 18.4 Å². The highest BCUT2D eigenvalue weighted by atomic mass is 16.5. The zero-order valence-electron chi connectivity index (χ0n) is 19.9. The van der Waals surface area contributed by atoms with Crippen LogP contribution in [0.15, 0.2) is 30.3 Å². The Labute approximate surface area is 191 Å². The minimum absolute atomic E-state index is 0.0392. The third kappa shape index (κ3) is 5.80. The number of aromatic nitrogens is 1. The van der Waals surface area contributed by atoms with E-state index in [1.807, 2.05) is 48.7 Å². The summed E-state index contributed by atoms with van der Waals surface area (Å²) >= 11 is 0. The van der Waals surface area contributed by atoms with E-state index in [2.05, 4.69) is 17.1 Å². The Morgan fingerprint density at radius 2 is 1.94 bits per heavy atom. The number of piperidine rings is 1. The van der Waals surface area contributed by atoms with Gasteiger partial charge in [0.2, 0.25) is 5.91 Å². The molecule has 0 unspecified atom stereocenters. The van der Waals surface area contributed by atoms with Gasteiger partial charge in [-0.15, -0.1) is 0 Å². The first-order valence-electron chi connectivity index (χ1n) is 11.8. The predicted molar refractivity (Wildman–Crippen MR) is 128 cm³/mol. The molecule has 1 amide bonds. The van der Waals surface area contributed by atoms with Gasteiger partial charge in [0, 0.05) is 18.8 Å². The number of nitrogens with one attached hydrogen (secondary N) is 1. The molecule has 1 saturated heterocycles. The number of amides is 1. The number of carbonyl (C=O) groups is 2. The topological polar surface area (TPSA) is 63.6 Å². The fraction of sp³-hybridized carbons (Fsp3) is 0.538. The molecule has 1 aromatic carbocycles. The smallest absolute Gasteiger partial charge is 0.340 e. The molecule has 1 aliphatic rings. The van der Waals surface area contributed by atoms with Crippen molar-refractivity contribution in [2.24, 2.45) is 5.92 Å². The van der Waals surface area contributed by atoms with Crippen molar-refractivity contribution in [3.63, 3.8) is 0 Å². The molecule has 174 valence electrons. The normalized spacial score (nSPS) is 16.7. The quantitative estimate of drug-likeness (QED) is 0.470. The van der Waals surface area contributed by atoms with Crippen LogP contribution in [0.1, 0.15) is 54.7 Å². The molecule has 0 aliphatic carbocycles. The van der Waals surface area contributed by atoms with E-state index in [4.69, 9.17) is 4.74 Å². The third-order valence-electron chi connectivity index (χ3n) is 6.31. The van der Waals surface area contributed by atoms with Gasteiger partial charge in [-0.25, -0.2) is 4.79 Å². The summed E-state index contributed by atoms with van der Waals surface area (Å²) < 4.78 is 7.23. The van der Waals surface area contributed by atoms with Crippen LogP contribution in [0.3, 0.4) is 0 Å². The second-order valence-corrected chi connectivity index (χ2v) is 8.86. The van der Waals surface area contributed by atoms with Gasteiger partial charge in [0.15, 0.2) is 0 Å². The van der Waals surface area contributed by atoms with Crippen molar-refractivity contribution < 1.29 is 14.3 Å². The van der Waals surface area contributed by atoms with Crippen LogP contribution in [-0.2, 0) is 16.1 Å². The fourth-order valence-corrected chi connectivity index (χ4v) is 4.78. The molecule has 0 bridgehead atoms. The van der Waals surface area contributed by atoms with Gasteiger partial charge in [-0.1, -0.05) is 37.3 Å². The van der Waals surface area contributed by atoms with Crippen molar-refractivity contribution in [2.45, 2.75) is 53.5 Å². The van der Waals surface area contributed by atoms with Crippen LogP contribution < -0.4 is 5.32 Å². The van der Waals surface area contributed by atoms with E-state index in [9.17, 15) is 9.59 Å². The van der Waals surface area contributed by atoms with Gasteiger partial charge < -0.3 is 19.5 Å². The zero-order chi connectivity index (χ0) is 23.1. The first-order chi connectivity index (χ1) is 15.4. The number of benzene rings is 1. The Morgan fingerprint density at radius 1 is 1.19 bits per heavy atom. The van der Waals surface area contributed by atoms with Crippen LogP contribution in [0.2, 0.25) is 0 Å². The molecule has 6 heteroatoms. The maximum absolute atomic E-state index is 12.8. The van der Waals surface area contributed by atoms with E-state index in [0.29, 0.717) is 18.7 Å². The van der Waals surface area contributed by atoms with Crippen molar-refractivity contribution in [1.29, 1.82) is 0 Å². The van der Waals surface area contributed by atoms with E-state index < -0.39 is 0 Å². The molecule has 6 nitrogen and oxygen atoms in total. The molecule has 1 N–H and O–H groups in total. The standard InChI is InChI=1S/C26H37N3O3/c1-5-32-26(31)24-20(3)25(22-12-7-6-8-13-22)29(21(24)4)18-23(30)27-14-10-16-28-15-9-11-19(2)17-28/h6-8,12-13,19H,5,9-11,14-18H2,1-4H3,(H,27,30)/t19-/m1/s1. The lowest BCUT2D eigenvalue weighted by molar-refractivity contribution is -0.121. The Hall–Kier alpha value is -2.60. The number of nitrogens with zero attached hydrogens (tertiary/aromatic N) is 2. The summed E-state index contributed by atoms with van der Waals surface area (Å²) in [7, 11) is 0. The van der Waals surface area contributed by atoms with Crippen LogP contribution in [-0.4, -0.2) is 54.1 Å². The second-order valence-electron chi connectivity index (χ2n) is 8.86. The minimum Gasteiger partial charge on any atom is -0.462 e. The summed E-state index contributed by atoms with van der Waals surface area (Å²) in [6.07, 6.45) is 3.53. The molecule has 0 spiro atoms. The molecule has 2 aromatic rings. The van der Waals surface area contributed by atoms with Gasteiger partial charge in [-0.05, 0) is 70.2 Å². The third-order valence-corrected chi connectivity index (χ3v) is 6.31. The summed E-state index contributed by atoms with van der Waals surface area (Å²) in [5.41, 5.74) is 4.04. The highest BCUT2D eigenvalue weighted by molar-refractivity contribution is 5.95. The molecule has 3 rings (SSSR count). The lowest BCUT2D eigenvalue weighted by Gasteiger charge is -2.30. The van der Waals surface area contributed by atoms with Gasteiger partial charge in [-0.2, -0.15) is 0 Å². The van der Waals surface area contributed by atoms with Gasteiger partial charge in [-0.3, -0.25) is 4.79 Å². The van der Waals surface area contributed by atoms with Gasteiger partial charge in [0.1, 0.15) is 6.54 Å². The number of likely N-dealkylation sites (tertiary alicyclic amines) is 1. The van der Waals surface area contributed by atoms with E-state index in [1.54, 1.807) is 6.92 Å². The van der Waals surface area contributed by atoms with E-state index in [0.717, 1.165) is 54.5 Å². The maximum Gasteiger partial charge on any atom is 0.340 e. The Balaban J connectivity index is 1.69. The van der Waals surface area contributed by atoms with Crippen LogP contribution in [0.4, 0.5) is 0 Å². The molecule has 0 saturated carbocycles. The number of hydrogen-bond acceptors (Lipinski definition) is 4. The lowest BCUT2D eigenvalue weighted by Crippen LogP contribution is -2.37. The van der Waals surface area contributed by atoms with Crippen LogP contribution >= 0.6 is 0 Å². The predicted octanol–water partition coefficient (Wildman–Crippen LogP) is 4.19. The van der Waals surface area contributed by atoms with Gasteiger partial charge >= 0.3 is 5.97 Å². The largest absolute Gasteiger partial charge is 0.462 e. The van der Waals surface area contributed by atoms with E-state index >= 15 is 0 Å². The molecule has 0 radical (unpaired) electrons. The van der Waals surface area contributed by atoms with Crippen LogP contribution in [0.25, 0.3) is 11.3 Å². The van der Waals surface area contributed by atoms with Crippen molar-refractivity contribution in [3.8, 4) is 11.3 Å². The van der Waals surface area contributed by atoms with Gasteiger partial charge in [0.25, 0.3) is 0 Å². The first kappa shape index (κ1) is 24.1. The summed E-state index contributed by atoms with van der Waals surface area (Å²) in [4.78, 5) is 27.9. The zero-order valence-corrected chi connectivity index (χ0v) is 19.9. The SMILES string of the molecule is CCOC(=O)c1c(C)c(-c2ccccc2)n(CC(=O)NCCCN2CCC[C@@H](C)C2)c1C. The van der Waals surface area contributed by atoms with Crippen molar-refractivity contribution in [2.75, 3.05) is 32.8 Å². The number of rotatable bonds is 9. The average Bonchev–Trinajstić information content (AvgIpc) is 3.01. The first-order valence-corrected chi connectivity index (χ1v) is 11.8. The number of hydrogen-bond donors (Lipinski definition) is 1. The van der Waals surface area contributed by atoms with Crippen molar-refractivity contribution in [3.05, 3.63) is 47.2 Å². The van der Waals surface area contributed by atoms with Crippen LogP contribution in [0.5, 0.6) is 0 Å². The van der Waals surface area contributed by atoms with Gasteiger partial charge in [0.05, 0.1) is 17.9 Å². The number of ether oxygens (including phenoxy) is 1. The summed E-state index contributed by atoms with van der Waals surface area (Å²) in [5.74, 6) is 0.389. The number of esters is 1. The minimum atomic E-state index is -0.338. The van der Waals surface area contributed by atoms with E-state index in [1.165, 1.54) is 12.8 Å².